The number of rotatable bonds is 7. The number of carbonyl (C=O) groups is 4. The molecule has 4 bridgehead atoms. The predicted octanol–water partition coefficient (Wildman–Crippen LogP) is 4.78. The van der Waals surface area contributed by atoms with Crippen molar-refractivity contribution in [2.45, 2.75) is 146 Å². The first-order valence-corrected chi connectivity index (χ1v) is 22.5. The molecule has 3 saturated heterocycles. The molecule has 6 rings (SSSR count). The largest absolute Gasteiger partial charge is 0.456 e. The van der Waals surface area contributed by atoms with E-state index in [0.717, 1.165) is 11.3 Å². The zero-order valence-electron chi connectivity index (χ0n) is 37.4. The van der Waals surface area contributed by atoms with E-state index in [-0.39, 0.29) is 37.0 Å². The number of hydrogen-bond donors (Lipinski definition) is 3. The summed E-state index contributed by atoms with van der Waals surface area (Å²) in [5, 5.41) is 34.8. The van der Waals surface area contributed by atoms with Gasteiger partial charge in [0.2, 0.25) is 5.79 Å². The third-order valence-corrected chi connectivity index (χ3v) is 14.2. The number of ether oxygens (including phenoxy) is 5. The van der Waals surface area contributed by atoms with Crippen LogP contribution in [0, 0.1) is 35.5 Å². The summed E-state index contributed by atoms with van der Waals surface area (Å²) in [6.45, 7) is 7.49. The molecule has 0 radical (unpaired) electrons. The molecule has 1 aromatic heterocycles. The van der Waals surface area contributed by atoms with Gasteiger partial charge < -0.3 is 43.9 Å². The number of aromatic nitrogens is 1. The molecule has 3 N–H and O–H groups in total. The summed E-state index contributed by atoms with van der Waals surface area (Å²) in [6, 6.07) is 4.42. The van der Waals surface area contributed by atoms with E-state index in [0.29, 0.717) is 56.9 Å². The molecular formula is C48H68N2O12. The summed E-state index contributed by atoms with van der Waals surface area (Å²) in [7, 11) is 4.62. The smallest absolute Gasteiger partial charge is 0.330 e. The predicted molar refractivity (Wildman–Crippen MR) is 229 cm³/mol. The lowest BCUT2D eigenvalue weighted by molar-refractivity contribution is -0.302. The lowest BCUT2D eigenvalue weighted by Gasteiger charge is -2.49. The van der Waals surface area contributed by atoms with Crippen molar-refractivity contribution in [1.82, 2.24) is 9.88 Å². The molecular weight excluding hydrogens is 797 g/mol. The Balaban J connectivity index is 1.42. The topological polar surface area (TPSA) is 191 Å². The molecule has 342 valence electrons. The van der Waals surface area contributed by atoms with Crippen LogP contribution in [0.2, 0.25) is 0 Å². The SMILES string of the molecule is CO[C@H]1C[C@@H](C)C/C(C)=C/[C@@H](C/C=C/c2ccccn2)C(=O)C[C@H](O)[C@@H](C)[C@@H]2OC(=O)[C@@H]3C(CCCN3C(=O)C(=O)[C@]3(O)O[C@H]1[C@@H](OC)C[C@H]3C)/C2=C\[C@@H]1CC[C@@H](O)[C@H](OC)C1. The number of esters is 1. The van der Waals surface area contributed by atoms with Crippen molar-refractivity contribution in [1.29, 1.82) is 0 Å². The molecule has 4 fully saturated rings. The van der Waals surface area contributed by atoms with Crippen LogP contribution >= 0.6 is 0 Å². The van der Waals surface area contributed by atoms with Crippen molar-refractivity contribution in [3.05, 3.63) is 59.5 Å². The van der Waals surface area contributed by atoms with Crippen molar-refractivity contribution in [3.8, 4) is 0 Å². The zero-order valence-corrected chi connectivity index (χ0v) is 37.4. The summed E-state index contributed by atoms with van der Waals surface area (Å²) in [5.41, 5.74) is 2.41. The van der Waals surface area contributed by atoms with Gasteiger partial charge in [0.1, 0.15) is 24.0 Å². The molecule has 1 amide bonds. The van der Waals surface area contributed by atoms with Gasteiger partial charge in [-0.1, -0.05) is 50.6 Å². The molecule has 1 saturated carbocycles. The Labute approximate surface area is 366 Å². The number of fused-ring (bicyclic) bond motifs is 4. The van der Waals surface area contributed by atoms with E-state index in [1.165, 1.54) is 19.1 Å². The lowest BCUT2D eigenvalue weighted by atomic mass is 9.72. The second-order valence-corrected chi connectivity index (χ2v) is 18.6. The number of pyridine rings is 1. The first-order chi connectivity index (χ1) is 29.6. The minimum Gasteiger partial charge on any atom is -0.456 e. The van der Waals surface area contributed by atoms with Crippen LogP contribution in [-0.4, -0.2) is 131 Å². The molecule has 1 aromatic rings. The quantitative estimate of drug-likeness (QED) is 0.193. The number of aliphatic hydroxyl groups is 3. The van der Waals surface area contributed by atoms with Crippen LogP contribution in [0.3, 0.4) is 0 Å². The molecule has 1 aliphatic carbocycles. The maximum atomic E-state index is 14.5. The van der Waals surface area contributed by atoms with Gasteiger partial charge in [-0.05, 0) is 100 Å². The lowest BCUT2D eigenvalue weighted by Crippen LogP contribution is -2.66. The monoisotopic (exact) mass is 864 g/mol. The number of aliphatic hydroxyl groups excluding tert-OH is 2. The van der Waals surface area contributed by atoms with Crippen molar-refractivity contribution in [2.24, 2.45) is 35.5 Å². The van der Waals surface area contributed by atoms with Gasteiger partial charge in [0.05, 0.1) is 36.2 Å². The van der Waals surface area contributed by atoms with Gasteiger partial charge in [-0.3, -0.25) is 19.4 Å². The van der Waals surface area contributed by atoms with Crippen molar-refractivity contribution < 1.29 is 58.2 Å². The molecule has 0 aromatic carbocycles. The highest BCUT2D eigenvalue weighted by Crippen LogP contribution is 2.44. The fraction of sp³-hybridized carbons (Fsp3) is 0.688. The zero-order chi connectivity index (χ0) is 44.9. The van der Waals surface area contributed by atoms with E-state index in [1.807, 2.05) is 56.4 Å². The van der Waals surface area contributed by atoms with Gasteiger partial charge in [-0.25, -0.2) is 4.79 Å². The number of methoxy groups -OCH3 is 3. The first-order valence-electron chi connectivity index (χ1n) is 22.5. The fourth-order valence-corrected chi connectivity index (χ4v) is 10.6. The van der Waals surface area contributed by atoms with E-state index in [2.05, 4.69) is 4.98 Å². The number of amides is 1. The van der Waals surface area contributed by atoms with E-state index in [9.17, 15) is 34.5 Å². The van der Waals surface area contributed by atoms with Gasteiger partial charge in [0, 0.05) is 64.2 Å². The van der Waals surface area contributed by atoms with Gasteiger partial charge in [-0.15, -0.1) is 0 Å². The number of Topliss-reactive ketones (excluding diaryl/α,β-unsaturated/α-hetero) is 2. The second-order valence-electron chi connectivity index (χ2n) is 18.6. The molecule has 15 atom stereocenters. The Bertz CT molecular complexity index is 1830. The summed E-state index contributed by atoms with van der Waals surface area (Å²) in [6.07, 6.45) is 8.12. The molecule has 14 heteroatoms. The number of allylic oxidation sites excluding steroid dienone is 4. The van der Waals surface area contributed by atoms with Crippen LogP contribution in [0.15, 0.2) is 53.8 Å². The van der Waals surface area contributed by atoms with Crippen LogP contribution in [0.1, 0.15) is 97.6 Å². The van der Waals surface area contributed by atoms with E-state index >= 15 is 0 Å². The minimum absolute atomic E-state index is 0.0116. The number of carbonyl (C=O) groups excluding carboxylic acids is 4. The maximum Gasteiger partial charge on any atom is 0.330 e. The second kappa shape index (κ2) is 20.9. The average molecular weight is 865 g/mol. The van der Waals surface area contributed by atoms with Gasteiger partial charge in [0.25, 0.3) is 11.7 Å². The van der Waals surface area contributed by atoms with Crippen LogP contribution in [0.4, 0.5) is 0 Å². The maximum absolute atomic E-state index is 14.5. The highest BCUT2D eigenvalue weighted by atomic mass is 16.7. The van der Waals surface area contributed by atoms with E-state index in [4.69, 9.17) is 23.7 Å². The standard InChI is InChI=1S/C48H68N2O12/c1-27-20-28(2)22-40(59-6)44-41(60-7)23-29(3)48(57,62-44)45(54)46(55)50-19-11-15-34-35(24-31-16-17-36(51)39(25-31)58-5)43(61-47(56)42(34)50)30(4)37(52)26-38(53)32(21-27)12-10-14-33-13-8-9-18-49-33/h8-10,13-14,18,21,24,28-32,34,36-37,39-44,51-52,57H,11-12,15-17,19-20,22-23,25-26H2,1-7H3/b14-10+,27-21+,35-24+/t28-,29+,30+,31-,32+,34?,36+,37-,39+,40-,41-,42-,43-,44+,48+/m0/s1. The van der Waals surface area contributed by atoms with Crippen molar-refractivity contribution in [3.63, 3.8) is 0 Å². The van der Waals surface area contributed by atoms with Crippen LogP contribution in [0.5, 0.6) is 0 Å². The molecule has 0 spiro atoms. The highest BCUT2D eigenvalue weighted by Gasteiger charge is 2.58. The molecule has 62 heavy (non-hydrogen) atoms. The van der Waals surface area contributed by atoms with Gasteiger partial charge in [0.15, 0.2) is 0 Å². The Morgan fingerprint density at radius 2 is 1.65 bits per heavy atom. The highest BCUT2D eigenvalue weighted by molar-refractivity contribution is 6.39. The number of hydrogen-bond acceptors (Lipinski definition) is 13. The number of nitrogens with zero attached hydrogens (tertiary/aromatic N) is 2. The molecule has 5 aliphatic rings. The van der Waals surface area contributed by atoms with Crippen molar-refractivity contribution >= 4 is 29.5 Å². The summed E-state index contributed by atoms with van der Waals surface area (Å²) < 4.78 is 30.0. The Morgan fingerprint density at radius 3 is 2.34 bits per heavy atom. The summed E-state index contributed by atoms with van der Waals surface area (Å²) in [5.74, 6) is -8.49. The fourth-order valence-electron chi connectivity index (χ4n) is 10.6. The van der Waals surface area contributed by atoms with E-state index < -0.39 is 95.9 Å². The first kappa shape index (κ1) is 47.8. The minimum atomic E-state index is -2.54. The summed E-state index contributed by atoms with van der Waals surface area (Å²) >= 11 is 0. The molecule has 4 aliphatic heterocycles. The molecule has 1 unspecified atom stereocenters. The van der Waals surface area contributed by atoms with Gasteiger partial charge >= 0.3 is 5.97 Å². The number of piperidine rings is 1. The number of ketones is 2. The third-order valence-electron chi connectivity index (χ3n) is 14.2. The normalized spacial score (nSPS) is 40.8. The Morgan fingerprint density at radius 1 is 0.919 bits per heavy atom. The summed E-state index contributed by atoms with van der Waals surface area (Å²) in [4.78, 5) is 63.2. The van der Waals surface area contributed by atoms with Crippen LogP contribution in [0.25, 0.3) is 6.08 Å². The Hall–Kier alpha value is -3.63. The average Bonchev–Trinajstić information content (AvgIpc) is 3.26. The van der Waals surface area contributed by atoms with Crippen molar-refractivity contribution in [2.75, 3.05) is 27.9 Å². The van der Waals surface area contributed by atoms with Gasteiger partial charge in [-0.2, -0.15) is 0 Å². The van der Waals surface area contributed by atoms with Crippen LogP contribution in [-0.2, 0) is 42.9 Å². The molecule has 5 heterocycles. The molecule has 14 nitrogen and oxygen atoms in total. The van der Waals surface area contributed by atoms with E-state index in [1.54, 1.807) is 27.2 Å². The van der Waals surface area contributed by atoms with Crippen LogP contribution < -0.4 is 0 Å². The third kappa shape index (κ3) is 10.5. The Kier molecular flexibility index (Phi) is 16.1.